The van der Waals surface area contributed by atoms with Gasteiger partial charge in [-0.1, -0.05) is 29.8 Å². The van der Waals surface area contributed by atoms with Crippen molar-refractivity contribution >= 4 is 17.5 Å². The van der Waals surface area contributed by atoms with E-state index in [-0.39, 0.29) is 12.1 Å². The van der Waals surface area contributed by atoms with Crippen LogP contribution in [0.25, 0.3) is 0 Å². The number of hydrogen-bond donors (Lipinski definition) is 2. The lowest BCUT2D eigenvalue weighted by atomic mass is 10.2. The Hall–Kier alpha value is -2.20. The van der Waals surface area contributed by atoms with Crippen LogP contribution in [0.5, 0.6) is 0 Å². The van der Waals surface area contributed by atoms with Crippen molar-refractivity contribution in [3.05, 3.63) is 70.7 Å². The van der Waals surface area contributed by atoms with Crippen molar-refractivity contribution in [3.8, 4) is 0 Å². The molecular formula is C18H18ClN3O. The van der Waals surface area contributed by atoms with Crippen LogP contribution >= 0.6 is 11.6 Å². The second kappa shape index (κ2) is 5.78. The standard InChI is InChI=1S/C18H18ClN3O/c19-14-8-4-12(5-9-14)11-20-18(23)16-15-3-1-2-10-22(15)17(21-16)13-6-7-13/h1-5,8-10,13,17,21H,6-7,11H2,(H,20,23). The summed E-state index contributed by atoms with van der Waals surface area (Å²) in [5.41, 5.74) is 2.65. The zero-order valence-corrected chi connectivity index (χ0v) is 13.4. The number of carbonyl (C=O) groups is 1. The minimum atomic E-state index is -0.0666. The number of allylic oxidation sites excluding steroid dienone is 3. The minimum absolute atomic E-state index is 0.0666. The smallest absolute Gasteiger partial charge is 0.269 e. The highest BCUT2D eigenvalue weighted by molar-refractivity contribution is 6.30. The lowest BCUT2D eigenvalue weighted by Gasteiger charge is -2.25. The molecule has 118 valence electrons. The Bertz CT molecular complexity index is 716. The minimum Gasteiger partial charge on any atom is -0.358 e. The van der Waals surface area contributed by atoms with Crippen LogP contribution in [0.2, 0.25) is 5.02 Å². The first kappa shape index (κ1) is 14.4. The van der Waals surface area contributed by atoms with Gasteiger partial charge in [-0.15, -0.1) is 0 Å². The summed E-state index contributed by atoms with van der Waals surface area (Å²) in [6, 6.07) is 7.51. The Balaban J connectivity index is 1.47. The lowest BCUT2D eigenvalue weighted by molar-refractivity contribution is -0.118. The second-order valence-electron chi connectivity index (χ2n) is 6.10. The zero-order chi connectivity index (χ0) is 15.8. The van der Waals surface area contributed by atoms with Crippen LogP contribution < -0.4 is 10.6 Å². The molecule has 1 unspecified atom stereocenters. The first-order valence-corrected chi connectivity index (χ1v) is 8.27. The molecule has 5 heteroatoms. The number of amides is 1. The van der Waals surface area contributed by atoms with Gasteiger partial charge in [-0.3, -0.25) is 4.79 Å². The van der Waals surface area contributed by atoms with Crippen molar-refractivity contribution in [2.45, 2.75) is 25.6 Å². The van der Waals surface area contributed by atoms with Crippen molar-refractivity contribution < 1.29 is 4.79 Å². The van der Waals surface area contributed by atoms with Crippen molar-refractivity contribution in [2.75, 3.05) is 0 Å². The molecule has 0 spiro atoms. The SMILES string of the molecule is O=C(NCc1ccc(Cl)cc1)C1=C2C=CC=CN2C(C2CC2)N1. The van der Waals surface area contributed by atoms with E-state index in [1.165, 1.54) is 12.8 Å². The molecule has 1 aromatic rings. The van der Waals surface area contributed by atoms with Crippen molar-refractivity contribution in [3.63, 3.8) is 0 Å². The number of halogens is 1. The average Bonchev–Trinajstić information content (AvgIpc) is 3.34. The van der Waals surface area contributed by atoms with Crippen LogP contribution in [-0.2, 0) is 11.3 Å². The van der Waals surface area contributed by atoms with Gasteiger partial charge in [0, 0.05) is 17.8 Å². The Labute approximate surface area is 140 Å². The van der Waals surface area contributed by atoms with E-state index in [0.29, 0.717) is 23.2 Å². The number of rotatable bonds is 4. The van der Waals surface area contributed by atoms with Gasteiger partial charge >= 0.3 is 0 Å². The monoisotopic (exact) mass is 327 g/mol. The lowest BCUT2D eigenvalue weighted by Crippen LogP contribution is -2.38. The van der Waals surface area contributed by atoms with E-state index in [9.17, 15) is 4.79 Å². The van der Waals surface area contributed by atoms with Gasteiger partial charge in [0.25, 0.3) is 5.91 Å². The first-order chi connectivity index (χ1) is 11.2. The molecule has 1 atom stereocenters. The van der Waals surface area contributed by atoms with Crippen molar-refractivity contribution in [2.24, 2.45) is 5.92 Å². The van der Waals surface area contributed by atoms with Crippen molar-refractivity contribution in [1.29, 1.82) is 0 Å². The number of carbonyl (C=O) groups excluding carboxylic acids is 1. The van der Waals surface area contributed by atoms with Gasteiger partial charge in [-0.05, 0) is 48.6 Å². The van der Waals surface area contributed by atoms with Crippen LogP contribution in [0, 0.1) is 5.92 Å². The summed E-state index contributed by atoms with van der Waals surface area (Å²) in [4.78, 5) is 14.8. The summed E-state index contributed by atoms with van der Waals surface area (Å²) in [5, 5.41) is 7.09. The summed E-state index contributed by atoms with van der Waals surface area (Å²) in [6.07, 6.45) is 10.7. The molecule has 1 amide bonds. The highest BCUT2D eigenvalue weighted by Crippen LogP contribution is 2.40. The summed E-state index contributed by atoms with van der Waals surface area (Å²) in [6.45, 7) is 0.488. The molecule has 2 aliphatic heterocycles. The van der Waals surface area contributed by atoms with Gasteiger partial charge in [0.1, 0.15) is 11.9 Å². The van der Waals surface area contributed by atoms with Gasteiger partial charge in [0.15, 0.2) is 0 Å². The fourth-order valence-corrected chi connectivity index (χ4v) is 3.14. The van der Waals surface area contributed by atoms with E-state index in [2.05, 4.69) is 15.5 Å². The largest absolute Gasteiger partial charge is 0.358 e. The van der Waals surface area contributed by atoms with E-state index in [1.54, 1.807) is 0 Å². The number of hydrogen-bond acceptors (Lipinski definition) is 3. The van der Waals surface area contributed by atoms with Crippen LogP contribution in [-0.4, -0.2) is 17.0 Å². The van der Waals surface area contributed by atoms with E-state index in [0.717, 1.165) is 11.3 Å². The van der Waals surface area contributed by atoms with E-state index in [1.807, 2.05) is 48.7 Å². The molecule has 0 saturated heterocycles. The second-order valence-corrected chi connectivity index (χ2v) is 6.54. The normalized spacial score (nSPS) is 22.1. The molecule has 3 aliphatic rings. The molecule has 1 aromatic carbocycles. The van der Waals surface area contributed by atoms with Crippen LogP contribution in [0.1, 0.15) is 18.4 Å². The van der Waals surface area contributed by atoms with Gasteiger partial charge < -0.3 is 15.5 Å². The summed E-state index contributed by atoms with van der Waals surface area (Å²) < 4.78 is 0. The molecule has 2 heterocycles. The predicted molar refractivity (Wildman–Crippen MR) is 90.1 cm³/mol. The maximum Gasteiger partial charge on any atom is 0.269 e. The molecule has 0 aromatic heterocycles. The number of fused-ring (bicyclic) bond motifs is 1. The molecule has 1 fully saturated rings. The third-order valence-electron chi connectivity index (χ3n) is 4.40. The molecule has 0 bridgehead atoms. The van der Waals surface area contributed by atoms with Gasteiger partial charge in [-0.25, -0.2) is 0 Å². The quantitative estimate of drug-likeness (QED) is 0.893. The van der Waals surface area contributed by atoms with Gasteiger partial charge in [0.2, 0.25) is 0 Å². The molecular weight excluding hydrogens is 310 g/mol. The number of benzene rings is 1. The molecule has 0 radical (unpaired) electrons. The van der Waals surface area contributed by atoms with Crippen molar-refractivity contribution in [1.82, 2.24) is 15.5 Å². The third kappa shape index (κ3) is 2.86. The average molecular weight is 328 g/mol. The van der Waals surface area contributed by atoms with E-state index >= 15 is 0 Å². The zero-order valence-electron chi connectivity index (χ0n) is 12.6. The number of nitrogens with one attached hydrogen (secondary N) is 2. The Morgan fingerprint density at radius 3 is 2.78 bits per heavy atom. The summed E-state index contributed by atoms with van der Waals surface area (Å²) in [7, 11) is 0. The van der Waals surface area contributed by atoms with E-state index in [4.69, 9.17) is 11.6 Å². The molecule has 4 rings (SSSR count). The van der Waals surface area contributed by atoms with Crippen LogP contribution in [0.15, 0.2) is 60.1 Å². The molecule has 23 heavy (non-hydrogen) atoms. The highest BCUT2D eigenvalue weighted by Gasteiger charge is 2.41. The number of nitrogens with zero attached hydrogens (tertiary/aromatic N) is 1. The molecule has 4 nitrogen and oxygen atoms in total. The Morgan fingerprint density at radius 2 is 2.04 bits per heavy atom. The summed E-state index contributed by atoms with van der Waals surface area (Å²) in [5.74, 6) is 0.561. The van der Waals surface area contributed by atoms with Gasteiger partial charge in [0.05, 0.1) is 5.70 Å². The maximum atomic E-state index is 12.6. The Kier molecular flexibility index (Phi) is 3.62. The maximum absolute atomic E-state index is 12.6. The topological polar surface area (TPSA) is 44.4 Å². The van der Waals surface area contributed by atoms with Crippen LogP contribution in [0.3, 0.4) is 0 Å². The fourth-order valence-electron chi connectivity index (χ4n) is 3.01. The Morgan fingerprint density at radius 1 is 1.26 bits per heavy atom. The third-order valence-corrected chi connectivity index (χ3v) is 4.65. The van der Waals surface area contributed by atoms with Gasteiger partial charge in [-0.2, -0.15) is 0 Å². The highest BCUT2D eigenvalue weighted by atomic mass is 35.5. The van der Waals surface area contributed by atoms with E-state index < -0.39 is 0 Å². The molecule has 2 N–H and O–H groups in total. The molecule has 1 aliphatic carbocycles. The fraction of sp³-hybridized carbons (Fsp3) is 0.278. The predicted octanol–water partition coefficient (Wildman–Crippen LogP) is 2.89. The van der Waals surface area contributed by atoms with Crippen LogP contribution in [0.4, 0.5) is 0 Å². The summed E-state index contributed by atoms with van der Waals surface area (Å²) >= 11 is 5.88. The molecule has 1 saturated carbocycles. The first-order valence-electron chi connectivity index (χ1n) is 7.89.